The van der Waals surface area contributed by atoms with Gasteiger partial charge in [0.25, 0.3) is 0 Å². The van der Waals surface area contributed by atoms with Crippen LogP contribution in [-0.4, -0.2) is 24.5 Å². The third-order valence-electron chi connectivity index (χ3n) is 6.19. The molecule has 2 bridgehead atoms. The summed E-state index contributed by atoms with van der Waals surface area (Å²) < 4.78 is 0. The first-order valence-corrected chi connectivity index (χ1v) is 8.56. The molecule has 0 spiro atoms. The molecule has 5 rings (SSSR count). The summed E-state index contributed by atoms with van der Waals surface area (Å²) in [6, 6.07) is 9.25. The van der Waals surface area contributed by atoms with Gasteiger partial charge in [0.15, 0.2) is 0 Å². The number of likely N-dealkylation sites (tertiary alicyclic amines) is 1. The van der Waals surface area contributed by atoms with Gasteiger partial charge in [-0.1, -0.05) is 49.3 Å². The number of rotatable bonds is 2. The summed E-state index contributed by atoms with van der Waals surface area (Å²) >= 11 is 0. The van der Waals surface area contributed by atoms with Crippen LogP contribution in [0.3, 0.4) is 0 Å². The number of benzene rings is 1. The van der Waals surface area contributed by atoms with E-state index < -0.39 is 0 Å². The topological polar surface area (TPSA) is 3.24 Å². The molecule has 1 aromatic carbocycles. The minimum atomic E-state index is 0.688. The standard InChI is InChI=1S/C20H27N/c1-12(2)9-21-10-17-18(11-21)20-14(4)13(3)19(17)15-7-5-6-8-16(15)20/h5-8,12,17-20H,9-11H2,1-4H3/t17-,18+,19+,20-. The van der Waals surface area contributed by atoms with Gasteiger partial charge in [-0.3, -0.25) is 0 Å². The van der Waals surface area contributed by atoms with Gasteiger partial charge in [0.2, 0.25) is 0 Å². The van der Waals surface area contributed by atoms with Crippen molar-refractivity contribution >= 4 is 0 Å². The highest BCUT2D eigenvalue weighted by atomic mass is 15.2. The minimum Gasteiger partial charge on any atom is -0.302 e. The SMILES string of the molecule is CC1=C(C)[C@H]2c3ccccc3[C@@H]1[C@H]1CN(CC(C)C)C[C@H]12. The van der Waals surface area contributed by atoms with E-state index in [2.05, 4.69) is 56.9 Å². The molecule has 3 aliphatic carbocycles. The van der Waals surface area contributed by atoms with Crippen LogP contribution in [0.15, 0.2) is 35.4 Å². The molecule has 1 saturated heterocycles. The molecule has 0 amide bonds. The molecule has 1 aliphatic heterocycles. The van der Waals surface area contributed by atoms with Crippen molar-refractivity contribution in [2.24, 2.45) is 17.8 Å². The Morgan fingerprint density at radius 2 is 1.43 bits per heavy atom. The predicted molar refractivity (Wildman–Crippen MR) is 88.6 cm³/mol. The van der Waals surface area contributed by atoms with Gasteiger partial charge in [0, 0.05) is 31.5 Å². The van der Waals surface area contributed by atoms with Crippen molar-refractivity contribution in [1.82, 2.24) is 4.90 Å². The second-order valence-electron chi connectivity index (χ2n) is 7.89. The third kappa shape index (κ3) is 1.86. The van der Waals surface area contributed by atoms with Crippen LogP contribution in [0.4, 0.5) is 0 Å². The van der Waals surface area contributed by atoms with Crippen molar-refractivity contribution < 1.29 is 0 Å². The summed E-state index contributed by atoms with van der Waals surface area (Å²) in [5.74, 6) is 3.86. The lowest BCUT2D eigenvalue weighted by Crippen LogP contribution is -2.38. The first-order chi connectivity index (χ1) is 10.1. The Morgan fingerprint density at radius 3 is 1.86 bits per heavy atom. The quantitative estimate of drug-likeness (QED) is 0.725. The molecule has 112 valence electrons. The molecular weight excluding hydrogens is 254 g/mol. The number of allylic oxidation sites excluding steroid dienone is 2. The molecule has 0 N–H and O–H groups in total. The van der Waals surface area contributed by atoms with E-state index in [1.165, 1.54) is 19.6 Å². The first kappa shape index (κ1) is 13.6. The van der Waals surface area contributed by atoms with Gasteiger partial charge >= 0.3 is 0 Å². The molecule has 0 aromatic heterocycles. The zero-order valence-electron chi connectivity index (χ0n) is 13.8. The van der Waals surface area contributed by atoms with Crippen molar-refractivity contribution in [3.8, 4) is 0 Å². The monoisotopic (exact) mass is 281 g/mol. The van der Waals surface area contributed by atoms with Crippen LogP contribution in [0, 0.1) is 17.8 Å². The third-order valence-corrected chi connectivity index (χ3v) is 6.19. The van der Waals surface area contributed by atoms with Crippen molar-refractivity contribution in [3.63, 3.8) is 0 Å². The van der Waals surface area contributed by atoms with Crippen molar-refractivity contribution in [1.29, 1.82) is 0 Å². The first-order valence-electron chi connectivity index (χ1n) is 8.56. The highest BCUT2D eigenvalue weighted by Gasteiger charge is 2.51. The molecule has 21 heavy (non-hydrogen) atoms. The van der Waals surface area contributed by atoms with E-state index in [0.29, 0.717) is 11.8 Å². The van der Waals surface area contributed by atoms with E-state index in [0.717, 1.165) is 17.8 Å². The Kier molecular flexibility index (Phi) is 3.04. The number of nitrogens with zero attached hydrogens (tertiary/aromatic N) is 1. The average Bonchev–Trinajstić information content (AvgIpc) is 2.84. The Morgan fingerprint density at radius 1 is 0.952 bits per heavy atom. The molecule has 4 atom stereocenters. The number of hydrogen-bond acceptors (Lipinski definition) is 1. The zero-order chi connectivity index (χ0) is 14.7. The van der Waals surface area contributed by atoms with Gasteiger partial charge in [-0.15, -0.1) is 0 Å². The second-order valence-corrected chi connectivity index (χ2v) is 7.89. The lowest BCUT2D eigenvalue weighted by Gasteiger charge is -2.48. The highest BCUT2D eigenvalue weighted by molar-refractivity contribution is 5.52. The maximum atomic E-state index is 2.73. The van der Waals surface area contributed by atoms with Crippen LogP contribution >= 0.6 is 0 Å². The van der Waals surface area contributed by atoms with Crippen LogP contribution in [-0.2, 0) is 0 Å². The second kappa shape index (κ2) is 4.71. The molecule has 0 radical (unpaired) electrons. The molecule has 1 nitrogen and oxygen atoms in total. The molecule has 1 aromatic rings. The Labute approximate surface area is 129 Å². The van der Waals surface area contributed by atoms with E-state index in [-0.39, 0.29) is 0 Å². The van der Waals surface area contributed by atoms with E-state index in [9.17, 15) is 0 Å². The maximum absolute atomic E-state index is 2.73. The van der Waals surface area contributed by atoms with E-state index in [4.69, 9.17) is 0 Å². The molecule has 4 aliphatic rings. The molecule has 0 unspecified atom stereocenters. The molecule has 0 saturated carbocycles. The van der Waals surface area contributed by atoms with Gasteiger partial charge < -0.3 is 4.90 Å². The Hall–Kier alpha value is -1.08. The largest absolute Gasteiger partial charge is 0.302 e. The molecular formula is C20H27N. The van der Waals surface area contributed by atoms with Gasteiger partial charge in [0.05, 0.1) is 0 Å². The van der Waals surface area contributed by atoms with Crippen molar-refractivity contribution in [3.05, 3.63) is 46.5 Å². The zero-order valence-corrected chi connectivity index (χ0v) is 13.8. The van der Waals surface area contributed by atoms with Crippen LogP contribution < -0.4 is 0 Å². The Balaban J connectivity index is 1.75. The van der Waals surface area contributed by atoms with Crippen molar-refractivity contribution in [2.75, 3.05) is 19.6 Å². The van der Waals surface area contributed by atoms with Crippen LogP contribution in [0.2, 0.25) is 0 Å². The van der Waals surface area contributed by atoms with Crippen LogP contribution in [0.25, 0.3) is 0 Å². The molecule has 1 heterocycles. The minimum absolute atomic E-state index is 0.688. The predicted octanol–water partition coefficient (Wildman–Crippen LogP) is 4.42. The maximum Gasteiger partial charge on any atom is 0.00950 e. The average molecular weight is 281 g/mol. The lowest BCUT2D eigenvalue weighted by molar-refractivity contribution is 0.282. The molecule has 1 heteroatoms. The van der Waals surface area contributed by atoms with Crippen LogP contribution in [0.1, 0.15) is 50.7 Å². The summed E-state index contributed by atoms with van der Waals surface area (Å²) in [5.41, 5.74) is 6.62. The van der Waals surface area contributed by atoms with Gasteiger partial charge in [-0.2, -0.15) is 0 Å². The summed E-state index contributed by atoms with van der Waals surface area (Å²) in [6.45, 7) is 13.4. The van der Waals surface area contributed by atoms with Crippen LogP contribution in [0.5, 0.6) is 0 Å². The fourth-order valence-corrected chi connectivity index (χ4v) is 5.45. The summed E-state index contributed by atoms with van der Waals surface area (Å²) in [4.78, 5) is 2.73. The highest BCUT2D eigenvalue weighted by Crippen LogP contribution is 2.59. The van der Waals surface area contributed by atoms with Gasteiger partial charge in [0.1, 0.15) is 0 Å². The van der Waals surface area contributed by atoms with Gasteiger partial charge in [-0.05, 0) is 42.7 Å². The Bertz CT molecular complexity index is 551. The smallest absolute Gasteiger partial charge is 0.00950 e. The van der Waals surface area contributed by atoms with E-state index >= 15 is 0 Å². The lowest BCUT2D eigenvalue weighted by atomic mass is 9.56. The number of hydrogen-bond donors (Lipinski definition) is 0. The summed E-state index contributed by atoms with van der Waals surface area (Å²) in [6.07, 6.45) is 0. The van der Waals surface area contributed by atoms with Gasteiger partial charge in [-0.25, -0.2) is 0 Å². The summed E-state index contributed by atoms with van der Waals surface area (Å²) in [5, 5.41) is 0. The van der Waals surface area contributed by atoms with Crippen molar-refractivity contribution in [2.45, 2.75) is 39.5 Å². The molecule has 1 fully saturated rings. The normalized spacial score (nSPS) is 34.5. The van der Waals surface area contributed by atoms with E-state index in [1.54, 1.807) is 22.3 Å². The fraction of sp³-hybridized carbons (Fsp3) is 0.600. The fourth-order valence-electron chi connectivity index (χ4n) is 5.45. The summed E-state index contributed by atoms with van der Waals surface area (Å²) in [7, 11) is 0. The van der Waals surface area contributed by atoms with E-state index in [1.807, 2.05) is 0 Å².